The molecule has 0 radical (unpaired) electrons. The molecule has 1 saturated heterocycles. The third kappa shape index (κ3) is 3.67. The van der Waals surface area contributed by atoms with Crippen LogP contribution in [0.5, 0.6) is 5.75 Å². The lowest BCUT2D eigenvalue weighted by atomic mass is 9.82. The minimum Gasteiger partial charge on any atom is -0.482 e. The first-order valence-corrected chi connectivity index (χ1v) is 10.5. The number of fused-ring (bicyclic) bond motifs is 1. The molecule has 29 heavy (non-hydrogen) atoms. The summed E-state index contributed by atoms with van der Waals surface area (Å²) in [5.74, 6) is 0.918. The van der Waals surface area contributed by atoms with Gasteiger partial charge in [-0.3, -0.25) is 9.78 Å². The number of aromatic nitrogens is 1. The maximum atomic E-state index is 12.6. The van der Waals surface area contributed by atoms with Crippen LogP contribution >= 0.6 is 0 Å². The molecule has 0 atom stereocenters. The minimum absolute atomic E-state index is 0.0195. The lowest BCUT2D eigenvalue weighted by molar-refractivity contribution is 0.0766. The second kappa shape index (κ2) is 7.99. The Kier molecular flexibility index (Phi) is 5.41. The molecule has 152 valence electrons. The highest BCUT2D eigenvalue weighted by atomic mass is 16.5. The zero-order valence-electron chi connectivity index (χ0n) is 17.5. The summed E-state index contributed by atoms with van der Waals surface area (Å²) in [6.07, 6.45) is 6.00. The first-order chi connectivity index (χ1) is 14.1. The number of nitrogens with one attached hydrogen (secondary N) is 1. The van der Waals surface area contributed by atoms with Crippen LogP contribution in [-0.4, -0.2) is 47.6 Å². The topological polar surface area (TPSA) is 54.5 Å². The van der Waals surface area contributed by atoms with E-state index in [2.05, 4.69) is 41.5 Å². The first kappa shape index (κ1) is 19.6. The van der Waals surface area contributed by atoms with E-state index in [0.29, 0.717) is 18.8 Å². The predicted molar refractivity (Wildman–Crippen MR) is 115 cm³/mol. The molecule has 3 heterocycles. The van der Waals surface area contributed by atoms with Crippen molar-refractivity contribution in [2.45, 2.75) is 39.2 Å². The number of aryl methyl sites for hydroxylation is 1. The van der Waals surface area contributed by atoms with Gasteiger partial charge in [-0.05, 0) is 63.2 Å². The molecule has 1 aromatic carbocycles. The van der Waals surface area contributed by atoms with Gasteiger partial charge in [-0.25, -0.2) is 0 Å². The molecular weight excluding hydrogens is 362 g/mol. The molecule has 4 rings (SSSR count). The van der Waals surface area contributed by atoms with Crippen molar-refractivity contribution in [2.75, 3.05) is 26.2 Å². The number of nitrogens with zero attached hydrogens (tertiary/aromatic N) is 2. The van der Waals surface area contributed by atoms with Crippen molar-refractivity contribution in [1.82, 2.24) is 15.2 Å². The molecule has 2 aliphatic rings. The van der Waals surface area contributed by atoms with Gasteiger partial charge in [-0.1, -0.05) is 18.2 Å². The number of rotatable bonds is 4. The number of amides is 1. The van der Waals surface area contributed by atoms with Crippen LogP contribution < -0.4 is 10.1 Å². The van der Waals surface area contributed by atoms with Crippen LogP contribution in [0.1, 0.15) is 53.9 Å². The van der Waals surface area contributed by atoms with Gasteiger partial charge in [0.25, 0.3) is 5.91 Å². The Labute approximate surface area is 172 Å². The molecule has 1 fully saturated rings. The Morgan fingerprint density at radius 1 is 1.17 bits per heavy atom. The SMILES string of the molecule is CCN(CC)C(=O)c1ccc(C2=CC3(CCNCC3)Oc3cccc(C)c32)cn1. The number of hydrogen-bond acceptors (Lipinski definition) is 4. The van der Waals surface area contributed by atoms with Crippen LogP contribution in [0.25, 0.3) is 5.57 Å². The maximum Gasteiger partial charge on any atom is 0.272 e. The van der Waals surface area contributed by atoms with Crippen molar-refractivity contribution in [3.05, 3.63) is 65.0 Å². The molecule has 0 unspecified atom stereocenters. The Morgan fingerprint density at radius 2 is 1.93 bits per heavy atom. The van der Waals surface area contributed by atoms with E-state index in [0.717, 1.165) is 48.4 Å². The van der Waals surface area contributed by atoms with E-state index in [4.69, 9.17) is 4.74 Å². The van der Waals surface area contributed by atoms with Crippen molar-refractivity contribution in [1.29, 1.82) is 0 Å². The number of hydrogen-bond donors (Lipinski definition) is 1. The number of ether oxygens (including phenoxy) is 1. The van der Waals surface area contributed by atoms with E-state index in [-0.39, 0.29) is 11.5 Å². The minimum atomic E-state index is -0.281. The van der Waals surface area contributed by atoms with E-state index < -0.39 is 0 Å². The summed E-state index contributed by atoms with van der Waals surface area (Å²) in [7, 11) is 0. The highest BCUT2D eigenvalue weighted by Gasteiger charge is 2.37. The van der Waals surface area contributed by atoms with Crippen molar-refractivity contribution >= 4 is 11.5 Å². The Hall–Kier alpha value is -2.66. The van der Waals surface area contributed by atoms with Crippen LogP contribution in [0.4, 0.5) is 0 Å². The van der Waals surface area contributed by atoms with Gasteiger partial charge in [-0.2, -0.15) is 0 Å². The highest BCUT2D eigenvalue weighted by Crippen LogP contribution is 2.43. The smallest absolute Gasteiger partial charge is 0.272 e. The summed E-state index contributed by atoms with van der Waals surface area (Å²) in [6.45, 7) is 9.35. The van der Waals surface area contributed by atoms with E-state index in [1.54, 1.807) is 4.90 Å². The average molecular weight is 392 g/mol. The largest absolute Gasteiger partial charge is 0.482 e. The van der Waals surface area contributed by atoms with Gasteiger partial charge < -0.3 is 15.0 Å². The Morgan fingerprint density at radius 3 is 2.59 bits per heavy atom. The number of benzene rings is 1. The standard InChI is InChI=1S/C24H29N3O2/c1-4-27(5-2)23(28)20-10-9-18(16-26-20)19-15-24(11-13-25-14-12-24)29-21-8-6-7-17(3)22(19)21/h6-10,15-16,25H,4-5,11-14H2,1-3H3. The van der Waals surface area contributed by atoms with Gasteiger partial charge >= 0.3 is 0 Å². The maximum absolute atomic E-state index is 12.6. The quantitative estimate of drug-likeness (QED) is 0.861. The second-order valence-corrected chi connectivity index (χ2v) is 7.83. The van der Waals surface area contributed by atoms with Gasteiger partial charge in [0.15, 0.2) is 0 Å². The van der Waals surface area contributed by atoms with Gasteiger partial charge in [-0.15, -0.1) is 0 Å². The van der Waals surface area contributed by atoms with Gasteiger partial charge in [0.1, 0.15) is 17.0 Å². The number of carbonyl (C=O) groups excluding carboxylic acids is 1. The lowest BCUT2D eigenvalue weighted by Crippen LogP contribution is -2.46. The highest BCUT2D eigenvalue weighted by molar-refractivity contribution is 5.93. The zero-order chi connectivity index (χ0) is 20.4. The molecule has 0 bridgehead atoms. The lowest BCUT2D eigenvalue weighted by Gasteiger charge is -2.40. The van der Waals surface area contributed by atoms with Gasteiger partial charge in [0.05, 0.1) is 0 Å². The number of carbonyl (C=O) groups is 1. The summed E-state index contributed by atoms with van der Waals surface area (Å²) in [4.78, 5) is 18.9. The molecule has 0 aliphatic carbocycles. The molecule has 5 heteroatoms. The summed E-state index contributed by atoms with van der Waals surface area (Å²) in [6, 6.07) is 10.1. The van der Waals surface area contributed by atoms with Crippen LogP contribution in [0.15, 0.2) is 42.6 Å². The Balaban J connectivity index is 1.74. The second-order valence-electron chi connectivity index (χ2n) is 7.83. The van der Waals surface area contributed by atoms with Crippen molar-refractivity contribution < 1.29 is 9.53 Å². The van der Waals surface area contributed by atoms with Crippen molar-refractivity contribution in [3.8, 4) is 5.75 Å². The van der Waals surface area contributed by atoms with E-state index in [9.17, 15) is 4.79 Å². The van der Waals surface area contributed by atoms with E-state index in [1.807, 2.05) is 32.2 Å². The monoisotopic (exact) mass is 391 g/mol. The summed E-state index contributed by atoms with van der Waals surface area (Å²) >= 11 is 0. The summed E-state index contributed by atoms with van der Waals surface area (Å²) in [5.41, 5.74) is 4.70. The zero-order valence-corrected chi connectivity index (χ0v) is 17.5. The normalized spacial score (nSPS) is 17.3. The van der Waals surface area contributed by atoms with E-state index >= 15 is 0 Å². The van der Waals surface area contributed by atoms with Crippen molar-refractivity contribution in [2.24, 2.45) is 0 Å². The molecule has 2 aliphatic heterocycles. The van der Waals surface area contributed by atoms with Gasteiger partial charge in [0, 0.05) is 43.3 Å². The molecule has 1 amide bonds. The van der Waals surface area contributed by atoms with Gasteiger partial charge in [0.2, 0.25) is 0 Å². The molecular formula is C24H29N3O2. The predicted octanol–water partition coefficient (Wildman–Crippen LogP) is 3.82. The number of pyridine rings is 1. The van der Waals surface area contributed by atoms with Crippen LogP contribution in [0.2, 0.25) is 0 Å². The molecule has 5 nitrogen and oxygen atoms in total. The molecule has 0 saturated carbocycles. The third-order valence-corrected chi connectivity index (χ3v) is 6.02. The number of piperidine rings is 1. The van der Waals surface area contributed by atoms with E-state index in [1.165, 1.54) is 5.56 Å². The first-order valence-electron chi connectivity index (χ1n) is 10.5. The molecule has 1 aromatic heterocycles. The fourth-order valence-electron chi connectivity index (χ4n) is 4.33. The van der Waals surface area contributed by atoms with Crippen LogP contribution in [-0.2, 0) is 0 Å². The van der Waals surface area contributed by atoms with Crippen LogP contribution in [0, 0.1) is 6.92 Å². The Bertz CT molecular complexity index is 924. The molecule has 1 N–H and O–H groups in total. The fourth-order valence-corrected chi connectivity index (χ4v) is 4.33. The fraction of sp³-hybridized carbons (Fsp3) is 0.417. The van der Waals surface area contributed by atoms with Crippen LogP contribution in [0.3, 0.4) is 0 Å². The average Bonchev–Trinajstić information content (AvgIpc) is 2.74. The summed E-state index contributed by atoms with van der Waals surface area (Å²) in [5, 5.41) is 3.42. The summed E-state index contributed by atoms with van der Waals surface area (Å²) < 4.78 is 6.52. The third-order valence-electron chi connectivity index (χ3n) is 6.02. The molecule has 2 aromatic rings. The molecule has 1 spiro atoms. The van der Waals surface area contributed by atoms with Crippen molar-refractivity contribution in [3.63, 3.8) is 0 Å².